The molecule has 3 aliphatic heterocycles. The van der Waals surface area contributed by atoms with Gasteiger partial charge in [-0.1, -0.05) is 17.7 Å². The lowest BCUT2D eigenvalue weighted by Gasteiger charge is -2.33. The van der Waals surface area contributed by atoms with E-state index < -0.39 is 0 Å². The minimum Gasteiger partial charge on any atom is -0.490 e. The number of amides is 2. The molecule has 0 spiro atoms. The van der Waals surface area contributed by atoms with E-state index >= 15 is 0 Å². The number of likely N-dealkylation sites (tertiary alicyclic amines) is 2. The molecule has 2 amide bonds. The van der Waals surface area contributed by atoms with Gasteiger partial charge in [-0.05, 0) is 61.9 Å². The van der Waals surface area contributed by atoms with Gasteiger partial charge in [0.1, 0.15) is 17.4 Å². The zero-order valence-electron chi connectivity index (χ0n) is 23.4. The van der Waals surface area contributed by atoms with Gasteiger partial charge in [-0.15, -0.1) is 0 Å². The second kappa shape index (κ2) is 10.5. The molecule has 2 bridgehead atoms. The minimum atomic E-state index is -0.255. The highest BCUT2D eigenvalue weighted by Crippen LogP contribution is 2.34. The molecule has 2 unspecified atom stereocenters. The van der Waals surface area contributed by atoms with Crippen LogP contribution >= 0.6 is 0 Å². The highest BCUT2D eigenvalue weighted by atomic mass is 16.5. The van der Waals surface area contributed by atoms with Crippen LogP contribution in [0.4, 0.5) is 5.69 Å². The van der Waals surface area contributed by atoms with Gasteiger partial charge in [0.05, 0.1) is 23.7 Å². The number of anilines is 1. The monoisotopic (exact) mass is 561 g/mol. The molecule has 0 aliphatic carbocycles. The Morgan fingerprint density at radius 2 is 1.62 bits per heavy atom. The van der Waals surface area contributed by atoms with Crippen molar-refractivity contribution in [3.05, 3.63) is 89.3 Å². The maximum Gasteiger partial charge on any atom is 0.310 e. The van der Waals surface area contributed by atoms with Crippen molar-refractivity contribution in [3.63, 3.8) is 0 Å². The summed E-state index contributed by atoms with van der Waals surface area (Å²) in [5.74, 6) is 0.444. The molecule has 9 nitrogen and oxygen atoms in total. The van der Waals surface area contributed by atoms with Crippen LogP contribution in [-0.4, -0.2) is 71.0 Å². The van der Waals surface area contributed by atoms with Crippen LogP contribution in [0.5, 0.6) is 5.75 Å². The third-order valence-electron chi connectivity index (χ3n) is 8.71. The van der Waals surface area contributed by atoms with Gasteiger partial charge in [0.25, 0.3) is 11.8 Å². The smallest absolute Gasteiger partial charge is 0.310 e. The number of nitriles is 1. The molecule has 4 aromatic rings. The maximum absolute atomic E-state index is 13.4. The third kappa shape index (κ3) is 4.83. The number of oxazole rings is 1. The Bertz CT molecular complexity index is 1680. The van der Waals surface area contributed by atoms with E-state index in [0.717, 1.165) is 32.4 Å². The van der Waals surface area contributed by atoms with Crippen LogP contribution in [0.25, 0.3) is 11.1 Å². The van der Waals surface area contributed by atoms with Crippen LogP contribution < -0.4 is 9.64 Å². The molecule has 0 saturated carbocycles. The molecule has 2 atom stereocenters. The first-order valence-corrected chi connectivity index (χ1v) is 14.5. The average Bonchev–Trinajstić information content (AvgIpc) is 3.76. The molecule has 0 radical (unpaired) electrons. The second-order valence-electron chi connectivity index (χ2n) is 11.4. The van der Waals surface area contributed by atoms with Crippen LogP contribution in [-0.2, 0) is 0 Å². The summed E-state index contributed by atoms with van der Waals surface area (Å²) in [5.41, 5.74) is 4.71. The standard InChI is InChI=1S/C33H31N5O4/c1-21-2-8-24(9-3-21)36-14-12-27(13-15-36)41-28-10-11-29-30(17-28)42-31(35-29)33(40)38-20-25-16-26(38)19-37(25)32(39)23-6-4-22(18-34)5-7-23/h2-11,17,25-27H,12-16,19-20H2,1H3. The molecule has 3 aliphatic rings. The lowest BCUT2D eigenvalue weighted by atomic mass is 10.1. The summed E-state index contributed by atoms with van der Waals surface area (Å²) in [6.07, 6.45) is 2.69. The maximum atomic E-state index is 13.4. The number of piperazine rings is 1. The number of piperidine rings is 1. The van der Waals surface area contributed by atoms with Crippen LogP contribution in [0.1, 0.15) is 51.4 Å². The number of rotatable bonds is 5. The van der Waals surface area contributed by atoms with Gasteiger partial charge < -0.3 is 23.9 Å². The molecule has 3 fully saturated rings. The van der Waals surface area contributed by atoms with E-state index in [1.54, 1.807) is 29.2 Å². The zero-order chi connectivity index (χ0) is 28.8. The molecule has 0 N–H and O–H groups in total. The molecule has 3 aromatic carbocycles. The molecular formula is C33H31N5O4. The first kappa shape index (κ1) is 26.1. The van der Waals surface area contributed by atoms with Gasteiger partial charge in [-0.2, -0.15) is 5.26 Å². The fourth-order valence-corrected chi connectivity index (χ4v) is 6.39. The molecule has 1 aromatic heterocycles. The number of aryl methyl sites for hydroxylation is 1. The van der Waals surface area contributed by atoms with Gasteiger partial charge in [0.2, 0.25) is 0 Å². The quantitative estimate of drug-likeness (QED) is 0.345. The topological polar surface area (TPSA) is 103 Å². The molecule has 4 heterocycles. The van der Waals surface area contributed by atoms with E-state index in [9.17, 15) is 9.59 Å². The average molecular weight is 562 g/mol. The zero-order valence-corrected chi connectivity index (χ0v) is 23.4. The number of hydrogen-bond acceptors (Lipinski definition) is 7. The molecule has 7 rings (SSSR count). The Balaban J connectivity index is 0.969. The number of carbonyl (C=O) groups is 2. The van der Waals surface area contributed by atoms with Crippen molar-refractivity contribution >= 4 is 28.6 Å². The Hall–Kier alpha value is -4.84. The van der Waals surface area contributed by atoms with Gasteiger partial charge in [-0.3, -0.25) is 9.59 Å². The molecule has 42 heavy (non-hydrogen) atoms. The number of carbonyl (C=O) groups excluding carboxylic acids is 2. The van der Waals surface area contributed by atoms with Crippen LogP contribution in [0.15, 0.2) is 71.1 Å². The lowest BCUT2D eigenvalue weighted by molar-refractivity contribution is 0.0506. The van der Waals surface area contributed by atoms with E-state index in [1.165, 1.54) is 11.3 Å². The van der Waals surface area contributed by atoms with E-state index in [0.29, 0.717) is 41.1 Å². The summed E-state index contributed by atoms with van der Waals surface area (Å²) < 4.78 is 12.2. The van der Waals surface area contributed by atoms with E-state index in [-0.39, 0.29) is 35.9 Å². The number of nitrogens with zero attached hydrogens (tertiary/aromatic N) is 5. The van der Waals surface area contributed by atoms with Crippen LogP contribution in [0, 0.1) is 18.3 Å². The minimum absolute atomic E-state index is 0.0519. The predicted octanol–water partition coefficient (Wildman–Crippen LogP) is 4.79. The second-order valence-corrected chi connectivity index (χ2v) is 11.4. The third-order valence-corrected chi connectivity index (χ3v) is 8.71. The van der Waals surface area contributed by atoms with Crippen molar-refractivity contribution in [2.75, 3.05) is 31.1 Å². The highest BCUT2D eigenvalue weighted by Gasteiger charge is 2.48. The Morgan fingerprint density at radius 3 is 2.29 bits per heavy atom. The number of aromatic nitrogens is 1. The molecule has 212 valence electrons. The van der Waals surface area contributed by atoms with Crippen molar-refractivity contribution in [1.82, 2.24) is 14.8 Å². The van der Waals surface area contributed by atoms with Crippen LogP contribution in [0.3, 0.4) is 0 Å². The van der Waals surface area contributed by atoms with Crippen molar-refractivity contribution in [2.45, 2.75) is 44.4 Å². The number of ether oxygens (including phenoxy) is 1. The molecule has 9 heteroatoms. The van der Waals surface area contributed by atoms with Crippen molar-refractivity contribution < 1.29 is 18.7 Å². The van der Waals surface area contributed by atoms with Crippen LogP contribution in [0.2, 0.25) is 0 Å². The normalized spacial score (nSPS) is 20.2. The Labute approximate surface area is 243 Å². The Kier molecular flexibility index (Phi) is 6.54. The molecular weight excluding hydrogens is 530 g/mol. The van der Waals surface area contributed by atoms with Gasteiger partial charge in [0, 0.05) is 56.3 Å². The SMILES string of the molecule is Cc1ccc(N2CCC(Oc3ccc4nc(C(=O)N5CC6CC5CN6C(=O)c5ccc(C#N)cc5)oc4c3)CC2)cc1. The van der Waals surface area contributed by atoms with E-state index in [1.807, 2.05) is 23.1 Å². The van der Waals surface area contributed by atoms with Gasteiger partial charge in [-0.25, -0.2) is 4.98 Å². The number of hydrogen-bond donors (Lipinski definition) is 0. The van der Waals surface area contributed by atoms with Crippen molar-refractivity contribution in [1.29, 1.82) is 5.26 Å². The lowest BCUT2D eigenvalue weighted by Crippen LogP contribution is -2.50. The largest absolute Gasteiger partial charge is 0.490 e. The predicted molar refractivity (Wildman–Crippen MR) is 156 cm³/mol. The first-order chi connectivity index (χ1) is 20.4. The summed E-state index contributed by atoms with van der Waals surface area (Å²) in [4.78, 5) is 36.9. The van der Waals surface area contributed by atoms with Crippen molar-refractivity contribution in [3.8, 4) is 11.8 Å². The highest BCUT2D eigenvalue weighted by molar-refractivity contribution is 5.96. The summed E-state index contributed by atoms with van der Waals surface area (Å²) >= 11 is 0. The molecule has 3 saturated heterocycles. The fraction of sp³-hybridized carbons (Fsp3) is 0.333. The summed E-state index contributed by atoms with van der Waals surface area (Å²) in [6.45, 7) is 4.88. The number of fused-ring (bicyclic) bond motifs is 3. The first-order valence-electron chi connectivity index (χ1n) is 14.5. The fourth-order valence-electron chi connectivity index (χ4n) is 6.39. The summed E-state index contributed by atoms with van der Waals surface area (Å²) in [5, 5.41) is 9.01. The van der Waals surface area contributed by atoms with Gasteiger partial charge >= 0.3 is 5.91 Å². The van der Waals surface area contributed by atoms with E-state index in [4.69, 9.17) is 14.4 Å². The van der Waals surface area contributed by atoms with E-state index in [2.05, 4.69) is 47.1 Å². The number of benzene rings is 3. The summed E-state index contributed by atoms with van der Waals surface area (Å²) in [7, 11) is 0. The van der Waals surface area contributed by atoms with Gasteiger partial charge in [0.15, 0.2) is 5.58 Å². The Morgan fingerprint density at radius 1 is 0.929 bits per heavy atom. The van der Waals surface area contributed by atoms with Crippen molar-refractivity contribution in [2.24, 2.45) is 0 Å². The summed E-state index contributed by atoms with van der Waals surface area (Å²) in [6, 6.07) is 22.8.